The number of anilines is 1. The van der Waals surface area contributed by atoms with Crippen LogP contribution in [0.4, 0.5) is 5.69 Å². The van der Waals surface area contributed by atoms with Gasteiger partial charge in [0.05, 0.1) is 12.3 Å². The molecule has 0 amide bonds. The molecule has 2 aliphatic rings. The highest BCUT2D eigenvalue weighted by atomic mass is 79.9. The molecule has 1 aliphatic carbocycles. The van der Waals surface area contributed by atoms with Crippen LogP contribution >= 0.6 is 15.9 Å². The number of nitrogens with zero attached hydrogens (tertiary/aromatic N) is 1. The van der Waals surface area contributed by atoms with E-state index in [1.807, 2.05) is 0 Å². The first-order valence-electron chi connectivity index (χ1n) is 7.13. The number of ether oxygens (including phenoxy) is 1. The van der Waals surface area contributed by atoms with E-state index in [9.17, 15) is 8.42 Å². The summed E-state index contributed by atoms with van der Waals surface area (Å²) in [4.78, 5) is 0.197. The maximum atomic E-state index is 13.0. The van der Waals surface area contributed by atoms with E-state index in [-0.39, 0.29) is 16.9 Å². The van der Waals surface area contributed by atoms with Crippen molar-refractivity contribution in [2.24, 2.45) is 5.92 Å². The molecule has 0 aromatic heterocycles. The standard InChI is InChI=1S/C14H19BrN2O3S/c15-11-1-4-13(16)14(7-11)21(18,19)17(12-2-3-12)8-10-5-6-20-9-10/h1,4,7,10,12H,2-3,5-6,8-9,16H2. The van der Waals surface area contributed by atoms with Gasteiger partial charge in [0.2, 0.25) is 10.0 Å². The van der Waals surface area contributed by atoms with Gasteiger partial charge in [0, 0.05) is 23.7 Å². The molecule has 2 N–H and O–H groups in total. The summed E-state index contributed by atoms with van der Waals surface area (Å²) in [5.41, 5.74) is 6.19. The third kappa shape index (κ3) is 3.26. The number of benzene rings is 1. The third-order valence-electron chi connectivity index (χ3n) is 3.98. The molecule has 1 saturated carbocycles. The lowest BCUT2D eigenvalue weighted by Crippen LogP contribution is -2.37. The Hall–Kier alpha value is -0.630. The van der Waals surface area contributed by atoms with Crippen molar-refractivity contribution < 1.29 is 13.2 Å². The fourth-order valence-corrected chi connectivity index (χ4v) is 5.06. The van der Waals surface area contributed by atoms with Crippen LogP contribution in [0, 0.1) is 5.92 Å². The molecule has 5 nitrogen and oxygen atoms in total. The second-order valence-electron chi connectivity index (χ2n) is 5.72. The number of sulfonamides is 1. The molecule has 1 aromatic rings. The predicted octanol–water partition coefficient (Wildman–Crippen LogP) is 2.22. The lowest BCUT2D eigenvalue weighted by atomic mass is 10.1. The number of rotatable bonds is 5. The molecule has 7 heteroatoms. The molecule has 1 atom stereocenters. The maximum absolute atomic E-state index is 13.0. The van der Waals surface area contributed by atoms with Crippen LogP contribution in [0.2, 0.25) is 0 Å². The molecule has 0 radical (unpaired) electrons. The maximum Gasteiger partial charge on any atom is 0.245 e. The first-order valence-corrected chi connectivity index (χ1v) is 9.36. The quantitative estimate of drug-likeness (QED) is 0.801. The van der Waals surface area contributed by atoms with E-state index in [0.717, 1.165) is 30.3 Å². The van der Waals surface area contributed by atoms with Crippen LogP contribution in [0.25, 0.3) is 0 Å². The molecule has 0 bridgehead atoms. The molecule has 0 spiro atoms. The van der Waals surface area contributed by atoms with Crippen molar-refractivity contribution in [1.29, 1.82) is 0 Å². The molecule has 1 aliphatic heterocycles. The molecular weight excluding hydrogens is 356 g/mol. The van der Waals surface area contributed by atoms with Crippen LogP contribution in [0.1, 0.15) is 19.3 Å². The van der Waals surface area contributed by atoms with E-state index in [1.165, 1.54) is 0 Å². The molecular formula is C14H19BrN2O3S. The fraction of sp³-hybridized carbons (Fsp3) is 0.571. The first kappa shape index (κ1) is 15.3. The van der Waals surface area contributed by atoms with E-state index in [0.29, 0.717) is 18.8 Å². The minimum absolute atomic E-state index is 0.119. The van der Waals surface area contributed by atoms with Gasteiger partial charge in [0.15, 0.2) is 0 Å². The van der Waals surface area contributed by atoms with Gasteiger partial charge in [-0.2, -0.15) is 4.31 Å². The predicted molar refractivity (Wildman–Crippen MR) is 84.4 cm³/mol. The van der Waals surface area contributed by atoms with Crippen molar-refractivity contribution in [3.63, 3.8) is 0 Å². The highest BCUT2D eigenvalue weighted by Gasteiger charge is 2.40. The van der Waals surface area contributed by atoms with Crippen molar-refractivity contribution in [3.05, 3.63) is 22.7 Å². The molecule has 2 fully saturated rings. The molecule has 1 aromatic carbocycles. The Balaban J connectivity index is 1.91. The lowest BCUT2D eigenvalue weighted by Gasteiger charge is -2.25. The van der Waals surface area contributed by atoms with Crippen molar-refractivity contribution >= 4 is 31.6 Å². The minimum atomic E-state index is -3.56. The zero-order valence-electron chi connectivity index (χ0n) is 11.7. The average Bonchev–Trinajstić information content (AvgIpc) is 3.14. The number of hydrogen-bond acceptors (Lipinski definition) is 4. The second kappa shape index (κ2) is 5.87. The summed E-state index contributed by atoms with van der Waals surface area (Å²) >= 11 is 3.32. The first-order chi connectivity index (χ1) is 9.98. The average molecular weight is 375 g/mol. The fourth-order valence-electron chi connectivity index (χ4n) is 2.65. The zero-order valence-corrected chi connectivity index (χ0v) is 14.1. The van der Waals surface area contributed by atoms with E-state index in [2.05, 4.69) is 15.9 Å². The summed E-state index contributed by atoms with van der Waals surface area (Å²) in [5, 5.41) is 0. The van der Waals surface area contributed by atoms with Gasteiger partial charge in [-0.1, -0.05) is 15.9 Å². The van der Waals surface area contributed by atoms with Crippen LogP contribution in [0.3, 0.4) is 0 Å². The smallest absolute Gasteiger partial charge is 0.245 e. The molecule has 1 unspecified atom stereocenters. The summed E-state index contributed by atoms with van der Waals surface area (Å²) < 4.78 is 33.6. The summed E-state index contributed by atoms with van der Waals surface area (Å²) in [7, 11) is -3.56. The Morgan fingerprint density at radius 3 is 2.71 bits per heavy atom. The van der Waals surface area contributed by atoms with Gasteiger partial charge in [0.25, 0.3) is 0 Å². The van der Waals surface area contributed by atoms with Crippen LogP contribution in [-0.4, -0.2) is 38.5 Å². The normalized spacial score (nSPS) is 22.9. The Labute approximate surface area is 133 Å². The van der Waals surface area contributed by atoms with Crippen LogP contribution in [-0.2, 0) is 14.8 Å². The Kier molecular flexibility index (Phi) is 4.27. The number of halogens is 1. The van der Waals surface area contributed by atoms with E-state index in [1.54, 1.807) is 22.5 Å². The van der Waals surface area contributed by atoms with E-state index >= 15 is 0 Å². The molecule has 21 heavy (non-hydrogen) atoms. The van der Waals surface area contributed by atoms with Gasteiger partial charge in [-0.05, 0) is 43.4 Å². The molecule has 116 valence electrons. The summed E-state index contributed by atoms with van der Waals surface area (Å²) in [6.45, 7) is 1.90. The second-order valence-corrected chi connectivity index (χ2v) is 8.49. The van der Waals surface area contributed by atoms with E-state index < -0.39 is 10.0 Å². The third-order valence-corrected chi connectivity index (χ3v) is 6.45. The number of nitrogens with two attached hydrogens (primary N) is 1. The van der Waals surface area contributed by atoms with Gasteiger partial charge >= 0.3 is 0 Å². The van der Waals surface area contributed by atoms with Gasteiger partial charge in [-0.25, -0.2) is 8.42 Å². The minimum Gasteiger partial charge on any atom is -0.398 e. The molecule has 1 heterocycles. The SMILES string of the molecule is Nc1ccc(Br)cc1S(=O)(=O)N(CC1CCOC1)C1CC1. The van der Waals surface area contributed by atoms with Crippen molar-refractivity contribution in [2.75, 3.05) is 25.5 Å². The highest BCUT2D eigenvalue weighted by molar-refractivity contribution is 9.10. The van der Waals surface area contributed by atoms with Crippen molar-refractivity contribution in [2.45, 2.75) is 30.2 Å². The van der Waals surface area contributed by atoms with E-state index in [4.69, 9.17) is 10.5 Å². The number of hydrogen-bond donors (Lipinski definition) is 1. The summed E-state index contributed by atoms with van der Waals surface area (Å²) in [6.07, 6.45) is 2.79. The van der Waals surface area contributed by atoms with Gasteiger partial charge in [-0.3, -0.25) is 0 Å². The van der Waals surface area contributed by atoms with Crippen molar-refractivity contribution in [3.8, 4) is 0 Å². The highest BCUT2D eigenvalue weighted by Crippen LogP contribution is 2.36. The summed E-state index contributed by atoms with van der Waals surface area (Å²) in [6, 6.07) is 5.08. The number of nitrogen functional groups attached to an aromatic ring is 1. The lowest BCUT2D eigenvalue weighted by molar-refractivity contribution is 0.180. The topological polar surface area (TPSA) is 72.6 Å². The van der Waals surface area contributed by atoms with Crippen LogP contribution in [0.5, 0.6) is 0 Å². The van der Waals surface area contributed by atoms with Crippen molar-refractivity contribution in [1.82, 2.24) is 4.31 Å². The van der Waals surface area contributed by atoms with Gasteiger partial charge in [-0.15, -0.1) is 0 Å². The molecule has 3 rings (SSSR count). The monoisotopic (exact) mass is 374 g/mol. The van der Waals surface area contributed by atoms with Crippen LogP contribution in [0.15, 0.2) is 27.6 Å². The summed E-state index contributed by atoms with van der Waals surface area (Å²) in [5.74, 6) is 0.286. The Bertz CT molecular complexity index is 625. The van der Waals surface area contributed by atoms with Crippen LogP contribution < -0.4 is 5.73 Å². The van der Waals surface area contributed by atoms with Gasteiger partial charge < -0.3 is 10.5 Å². The van der Waals surface area contributed by atoms with Gasteiger partial charge in [0.1, 0.15) is 4.90 Å². The Morgan fingerprint density at radius 1 is 1.33 bits per heavy atom. The molecule has 1 saturated heterocycles. The zero-order chi connectivity index (χ0) is 15.0. The Morgan fingerprint density at radius 2 is 2.10 bits per heavy atom. The largest absolute Gasteiger partial charge is 0.398 e.